The van der Waals surface area contributed by atoms with E-state index in [4.69, 9.17) is 0 Å². The Labute approximate surface area is 132 Å². The van der Waals surface area contributed by atoms with Crippen molar-refractivity contribution in [1.82, 2.24) is 20.1 Å². The van der Waals surface area contributed by atoms with Gasteiger partial charge in [-0.1, -0.05) is 17.8 Å². The second kappa shape index (κ2) is 6.19. The number of aromatic nitrogens is 3. The lowest BCUT2D eigenvalue weighted by Crippen LogP contribution is -2.27. The number of hydrogen-bond donors (Lipinski definition) is 1. The van der Waals surface area contributed by atoms with E-state index in [1.807, 2.05) is 36.1 Å². The maximum Gasteiger partial charge on any atom is 0.230 e. The first kappa shape index (κ1) is 14.6. The van der Waals surface area contributed by atoms with Gasteiger partial charge in [0, 0.05) is 17.8 Å². The van der Waals surface area contributed by atoms with Crippen LogP contribution in [-0.4, -0.2) is 26.4 Å². The highest BCUT2D eigenvalue weighted by atomic mass is 32.2. The van der Waals surface area contributed by atoms with Gasteiger partial charge in [-0.05, 0) is 31.2 Å². The molecule has 0 aromatic carbocycles. The van der Waals surface area contributed by atoms with Crippen LogP contribution in [0, 0.1) is 0 Å². The predicted molar refractivity (Wildman–Crippen MR) is 84.6 cm³/mol. The molecule has 2 heterocycles. The molecule has 2 aromatic heterocycles. The van der Waals surface area contributed by atoms with Crippen molar-refractivity contribution < 1.29 is 4.79 Å². The van der Waals surface area contributed by atoms with Gasteiger partial charge in [0.15, 0.2) is 5.16 Å². The van der Waals surface area contributed by atoms with Crippen LogP contribution in [0.1, 0.15) is 42.4 Å². The highest BCUT2D eigenvalue weighted by molar-refractivity contribution is 7.99. The van der Waals surface area contributed by atoms with Crippen LogP contribution in [0.25, 0.3) is 0 Å². The largest absolute Gasteiger partial charge is 0.348 e. The Morgan fingerprint density at radius 3 is 3.05 bits per heavy atom. The quantitative estimate of drug-likeness (QED) is 0.831. The van der Waals surface area contributed by atoms with Crippen molar-refractivity contribution in [2.24, 2.45) is 7.05 Å². The number of amides is 1. The van der Waals surface area contributed by atoms with Crippen LogP contribution in [0.3, 0.4) is 0 Å². The van der Waals surface area contributed by atoms with Crippen molar-refractivity contribution in [3.63, 3.8) is 0 Å². The molecule has 0 saturated heterocycles. The van der Waals surface area contributed by atoms with E-state index in [-0.39, 0.29) is 11.9 Å². The van der Waals surface area contributed by atoms with Crippen molar-refractivity contribution in [3.05, 3.63) is 28.2 Å². The molecule has 3 rings (SSSR count). The number of nitrogens with zero attached hydrogens (tertiary/aromatic N) is 3. The monoisotopic (exact) mass is 322 g/mol. The molecule has 0 unspecified atom stereocenters. The molecule has 1 aliphatic rings. The minimum absolute atomic E-state index is 0.0249. The molecule has 1 amide bonds. The zero-order chi connectivity index (χ0) is 14.8. The first-order valence-electron chi connectivity index (χ1n) is 7.00. The Kier molecular flexibility index (Phi) is 4.30. The van der Waals surface area contributed by atoms with E-state index in [0.29, 0.717) is 11.7 Å². The Morgan fingerprint density at radius 2 is 2.38 bits per heavy atom. The molecule has 0 radical (unpaired) electrons. The fourth-order valence-electron chi connectivity index (χ4n) is 2.17. The van der Waals surface area contributed by atoms with Crippen molar-refractivity contribution in [3.8, 4) is 0 Å². The number of nitrogens with one attached hydrogen (secondary N) is 1. The first-order valence-corrected chi connectivity index (χ1v) is 8.86. The minimum Gasteiger partial charge on any atom is -0.348 e. The number of hydrogen-bond acceptors (Lipinski definition) is 5. The molecule has 1 N–H and O–H groups in total. The summed E-state index contributed by atoms with van der Waals surface area (Å²) >= 11 is 3.10. The Hall–Kier alpha value is -1.34. The summed E-state index contributed by atoms with van der Waals surface area (Å²) in [6.07, 6.45) is 2.41. The highest BCUT2D eigenvalue weighted by Crippen LogP contribution is 2.39. The van der Waals surface area contributed by atoms with Crippen molar-refractivity contribution in [1.29, 1.82) is 0 Å². The molecule has 0 bridgehead atoms. The Morgan fingerprint density at radius 1 is 1.57 bits per heavy atom. The zero-order valence-corrected chi connectivity index (χ0v) is 13.7. The minimum atomic E-state index is 0.0249. The first-order chi connectivity index (χ1) is 10.1. The fraction of sp³-hybridized carbons (Fsp3) is 0.500. The predicted octanol–water partition coefficient (Wildman–Crippen LogP) is 2.72. The molecule has 5 nitrogen and oxygen atoms in total. The summed E-state index contributed by atoms with van der Waals surface area (Å²) in [5.74, 6) is 2.01. The van der Waals surface area contributed by atoms with E-state index in [0.717, 1.165) is 11.0 Å². The molecule has 112 valence electrons. The molecule has 2 aromatic rings. The van der Waals surface area contributed by atoms with Crippen LogP contribution >= 0.6 is 23.1 Å². The van der Waals surface area contributed by atoms with E-state index >= 15 is 0 Å². The molecule has 1 aliphatic carbocycles. The van der Waals surface area contributed by atoms with E-state index in [9.17, 15) is 4.79 Å². The van der Waals surface area contributed by atoms with Gasteiger partial charge in [-0.3, -0.25) is 4.79 Å². The zero-order valence-electron chi connectivity index (χ0n) is 12.1. The second-order valence-corrected chi connectivity index (χ2v) is 7.19. The second-order valence-electron chi connectivity index (χ2n) is 5.27. The summed E-state index contributed by atoms with van der Waals surface area (Å²) in [6.45, 7) is 2.00. The van der Waals surface area contributed by atoms with Gasteiger partial charge >= 0.3 is 0 Å². The van der Waals surface area contributed by atoms with E-state index in [2.05, 4.69) is 15.5 Å². The summed E-state index contributed by atoms with van der Waals surface area (Å²) in [7, 11) is 1.97. The van der Waals surface area contributed by atoms with Gasteiger partial charge in [0.1, 0.15) is 5.82 Å². The number of thiophene rings is 1. The molecule has 1 fully saturated rings. The average Bonchev–Trinajstić information content (AvgIpc) is 3.01. The molecule has 0 spiro atoms. The van der Waals surface area contributed by atoms with Gasteiger partial charge in [0.2, 0.25) is 5.91 Å². The number of carbonyl (C=O) groups excluding carboxylic acids is 1. The molecule has 1 atom stereocenters. The van der Waals surface area contributed by atoms with E-state index < -0.39 is 0 Å². The van der Waals surface area contributed by atoms with Gasteiger partial charge in [-0.25, -0.2) is 0 Å². The van der Waals surface area contributed by atoms with Crippen LogP contribution in [0.4, 0.5) is 0 Å². The van der Waals surface area contributed by atoms with Crippen molar-refractivity contribution in [2.75, 3.05) is 5.75 Å². The SMILES string of the molecule is C[C@H](NC(=O)CSc1nnc(C2CC2)n1C)c1cccs1. The van der Waals surface area contributed by atoms with Crippen LogP contribution in [0.15, 0.2) is 22.7 Å². The number of carbonyl (C=O) groups is 1. The van der Waals surface area contributed by atoms with Gasteiger partial charge in [0.05, 0.1) is 11.8 Å². The van der Waals surface area contributed by atoms with Crippen molar-refractivity contribution in [2.45, 2.75) is 36.9 Å². The molecule has 7 heteroatoms. The summed E-state index contributed by atoms with van der Waals surface area (Å²) < 4.78 is 2.01. The molecule has 1 saturated carbocycles. The molecular weight excluding hydrogens is 304 g/mol. The molecular formula is C14H18N4OS2. The fourth-order valence-corrected chi connectivity index (χ4v) is 3.63. The maximum absolute atomic E-state index is 12.0. The average molecular weight is 322 g/mol. The summed E-state index contributed by atoms with van der Waals surface area (Å²) in [6, 6.07) is 4.09. The van der Waals surface area contributed by atoms with Crippen molar-refractivity contribution >= 4 is 29.0 Å². The highest BCUT2D eigenvalue weighted by Gasteiger charge is 2.29. The van der Waals surface area contributed by atoms with Crippen LogP contribution in [-0.2, 0) is 11.8 Å². The number of rotatable bonds is 6. The van der Waals surface area contributed by atoms with Gasteiger partial charge in [0.25, 0.3) is 0 Å². The summed E-state index contributed by atoms with van der Waals surface area (Å²) in [5.41, 5.74) is 0. The Bertz CT molecular complexity index is 619. The normalized spacial score (nSPS) is 15.9. The molecule has 0 aliphatic heterocycles. The van der Waals surface area contributed by atoms with Gasteiger partial charge in [-0.2, -0.15) is 0 Å². The summed E-state index contributed by atoms with van der Waals surface area (Å²) in [5, 5.41) is 14.2. The van der Waals surface area contributed by atoms with Crippen LogP contribution in [0.5, 0.6) is 0 Å². The van der Waals surface area contributed by atoms with E-state index in [1.54, 1.807) is 11.3 Å². The third kappa shape index (κ3) is 3.47. The lowest BCUT2D eigenvalue weighted by atomic mass is 10.3. The van der Waals surface area contributed by atoms with Crippen LogP contribution < -0.4 is 5.32 Å². The number of thioether (sulfide) groups is 1. The van der Waals surface area contributed by atoms with E-state index in [1.165, 1.54) is 29.5 Å². The van der Waals surface area contributed by atoms with Crippen LogP contribution in [0.2, 0.25) is 0 Å². The maximum atomic E-state index is 12.0. The topological polar surface area (TPSA) is 59.8 Å². The smallest absolute Gasteiger partial charge is 0.230 e. The summed E-state index contributed by atoms with van der Waals surface area (Å²) in [4.78, 5) is 13.2. The standard InChI is InChI=1S/C14H18N4OS2/c1-9(11-4-3-7-20-11)15-12(19)8-21-14-17-16-13(18(14)2)10-5-6-10/h3-4,7,9-10H,5-6,8H2,1-2H3,(H,15,19)/t9-/m0/s1. The lowest BCUT2D eigenvalue weighted by Gasteiger charge is -2.11. The van der Waals surface area contributed by atoms with Gasteiger partial charge < -0.3 is 9.88 Å². The Balaban J connectivity index is 1.51. The van der Waals surface area contributed by atoms with Gasteiger partial charge in [-0.15, -0.1) is 21.5 Å². The third-order valence-electron chi connectivity index (χ3n) is 3.49. The lowest BCUT2D eigenvalue weighted by molar-refractivity contribution is -0.119. The third-order valence-corrected chi connectivity index (χ3v) is 5.57. The molecule has 21 heavy (non-hydrogen) atoms.